The van der Waals surface area contributed by atoms with Crippen LogP contribution in [0.3, 0.4) is 0 Å². The third-order valence-corrected chi connectivity index (χ3v) is 6.89. The van der Waals surface area contributed by atoms with Gasteiger partial charge in [0.2, 0.25) is 5.91 Å². The molecule has 1 aromatic rings. The van der Waals surface area contributed by atoms with Gasteiger partial charge in [0.15, 0.2) is 0 Å². The molecule has 3 unspecified atom stereocenters. The monoisotopic (exact) mass is 426 g/mol. The lowest BCUT2D eigenvalue weighted by Crippen LogP contribution is -2.47. The Kier molecular flexibility index (Phi) is 8.13. The second-order valence-corrected chi connectivity index (χ2v) is 9.50. The molecule has 1 heterocycles. The fourth-order valence-electron chi connectivity index (χ4n) is 4.81. The second kappa shape index (κ2) is 10.8. The number of amides is 3. The SMILES string of the molecule is CC1=CC(CNC(=O)Nc2ccccc2)C(C(C)C)CC1CC(=O)N1CCN(C)CC1. The number of anilines is 1. The molecule has 0 spiro atoms. The summed E-state index contributed by atoms with van der Waals surface area (Å²) in [6, 6.07) is 9.32. The Bertz CT molecular complexity index is 769. The highest BCUT2D eigenvalue weighted by molar-refractivity contribution is 5.89. The number of urea groups is 1. The van der Waals surface area contributed by atoms with E-state index in [0.29, 0.717) is 30.7 Å². The van der Waals surface area contributed by atoms with Crippen LogP contribution in [0.2, 0.25) is 0 Å². The molecule has 1 aliphatic heterocycles. The van der Waals surface area contributed by atoms with Crippen molar-refractivity contribution in [1.82, 2.24) is 15.1 Å². The van der Waals surface area contributed by atoms with Crippen LogP contribution in [0.4, 0.5) is 10.5 Å². The molecule has 1 fully saturated rings. The molecule has 3 rings (SSSR count). The van der Waals surface area contributed by atoms with Gasteiger partial charge in [-0.25, -0.2) is 4.79 Å². The van der Waals surface area contributed by atoms with Crippen LogP contribution in [-0.2, 0) is 4.79 Å². The summed E-state index contributed by atoms with van der Waals surface area (Å²) >= 11 is 0. The van der Waals surface area contributed by atoms with Crippen LogP contribution < -0.4 is 10.6 Å². The summed E-state index contributed by atoms with van der Waals surface area (Å²) < 4.78 is 0. The van der Waals surface area contributed by atoms with Crippen LogP contribution in [-0.4, -0.2) is 61.5 Å². The number of piperazine rings is 1. The summed E-state index contributed by atoms with van der Waals surface area (Å²) in [5, 5.41) is 5.93. The average Bonchev–Trinajstić information content (AvgIpc) is 2.74. The van der Waals surface area contributed by atoms with Crippen molar-refractivity contribution in [3.8, 4) is 0 Å². The van der Waals surface area contributed by atoms with Gasteiger partial charge < -0.3 is 20.4 Å². The molecule has 0 bridgehead atoms. The molecular formula is C25H38N4O2. The smallest absolute Gasteiger partial charge is 0.319 e. The Balaban J connectivity index is 1.57. The number of rotatable bonds is 6. The van der Waals surface area contributed by atoms with E-state index in [1.165, 1.54) is 5.57 Å². The summed E-state index contributed by atoms with van der Waals surface area (Å²) in [7, 11) is 2.11. The summed E-state index contributed by atoms with van der Waals surface area (Å²) in [6.07, 6.45) is 3.91. The zero-order valence-electron chi connectivity index (χ0n) is 19.4. The lowest BCUT2D eigenvalue weighted by atomic mass is 9.69. The number of nitrogens with zero attached hydrogens (tertiary/aromatic N) is 2. The fourth-order valence-corrected chi connectivity index (χ4v) is 4.81. The number of hydrogen-bond donors (Lipinski definition) is 2. The number of likely N-dealkylation sites (N-methyl/N-ethyl adjacent to an activating group) is 1. The van der Waals surface area contributed by atoms with E-state index < -0.39 is 0 Å². The van der Waals surface area contributed by atoms with E-state index in [0.717, 1.165) is 38.3 Å². The van der Waals surface area contributed by atoms with Gasteiger partial charge >= 0.3 is 6.03 Å². The largest absolute Gasteiger partial charge is 0.340 e. The summed E-state index contributed by atoms with van der Waals surface area (Å²) in [5.74, 6) is 1.82. The van der Waals surface area contributed by atoms with Crippen LogP contribution in [0.25, 0.3) is 0 Å². The van der Waals surface area contributed by atoms with Gasteiger partial charge in [0, 0.05) is 44.8 Å². The van der Waals surface area contributed by atoms with E-state index in [4.69, 9.17) is 0 Å². The topological polar surface area (TPSA) is 64.7 Å². The van der Waals surface area contributed by atoms with Crippen molar-refractivity contribution in [3.05, 3.63) is 42.0 Å². The number of benzene rings is 1. The highest BCUT2D eigenvalue weighted by Gasteiger charge is 2.33. The third-order valence-electron chi connectivity index (χ3n) is 6.89. The van der Waals surface area contributed by atoms with Crippen molar-refractivity contribution in [2.24, 2.45) is 23.7 Å². The number of allylic oxidation sites excluding steroid dienone is 1. The van der Waals surface area contributed by atoms with Crippen molar-refractivity contribution in [3.63, 3.8) is 0 Å². The fraction of sp³-hybridized carbons (Fsp3) is 0.600. The van der Waals surface area contributed by atoms with Crippen molar-refractivity contribution in [2.45, 2.75) is 33.6 Å². The average molecular weight is 427 g/mol. The predicted molar refractivity (Wildman–Crippen MR) is 126 cm³/mol. The number of para-hydroxylation sites is 1. The standard InChI is InChI=1S/C25H38N4O2/c1-18(2)23-15-20(16-24(30)29-12-10-28(4)11-13-29)19(3)14-21(23)17-26-25(31)27-22-8-6-5-7-9-22/h5-9,14,18,20-21,23H,10-13,15-17H2,1-4H3,(H2,26,27,31). The summed E-state index contributed by atoms with van der Waals surface area (Å²) in [6.45, 7) is 10.8. The van der Waals surface area contributed by atoms with Crippen molar-refractivity contribution >= 4 is 17.6 Å². The first-order valence-electron chi connectivity index (χ1n) is 11.6. The molecule has 2 aliphatic rings. The van der Waals surface area contributed by atoms with E-state index in [1.54, 1.807) is 0 Å². The number of carbonyl (C=O) groups excluding carboxylic acids is 2. The second-order valence-electron chi connectivity index (χ2n) is 9.50. The molecule has 3 amide bonds. The molecule has 1 aliphatic carbocycles. The van der Waals surface area contributed by atoms with Crippen molar-refractivity contribution in [2.75, 3.05) is 45.1 Å². The van der Waals surface area contributed by atoms with Crippen LogP contribution in [0.1, 0.15) is 33.6 Å². The van der Waals surface area contributed by atoms with Crippen LogP contribution in [0.5, 0.6) is 0 Å². The number of nitrogens with one attached hydrogen (secondary N) is 2. The molecule has 3 atom stereocenters. The Morgan fingerprint density at radius 1 is 1.10 bits per heavy atom. The first kappa shape index (κ1) is 23.3. The van der Waals surface area contributed by atoms with Gasteiger partial charge in [0.25, 0.3) is 0 Å². The van der Waals surface area contributed by atoms with E-state index in [-0.39, 0.29) is 17.9 Å². The predicted octanol–water partition coefficient (Wildman–Crippen LogP) is 3.83. The Labute approximate surface area is 187 Å². The molecule has 31 heavy (non-hydrogen) atoms. The minimum absolute atomic E-state index is 0.174. The third kappa shape index (κ3) is 6.57. The van der Waals surface area contributed by atoms with Crippen LogP contribution in [0, 0.1) is 23.7 Å². The van der Waals surface area contributed by atoms with Gasteiger partial charge in [-0.15, -0.1) is 0 Å². The first-order chi connectivity index (χ1) is 14.8. The lowest BCUT2D eigenvalue weighted by Gasteiger charge is -2.38. The van der Waals surface area contributed by atoms with E-state index in [1.807, 2.05) is 35.2 Å². The maximum absolute atomic E-state index is 12.9. The maximum Gasteiger partial charge on any atom is 0.319 e. The highest BCUT2D eigenvalue weighted by Crippen LogP contribution is 2.39. The molecule has 0 aromatic heterocycles. The first-order valence-corrected chi connectivity index (χ1v) is 11.6. The number of carbonyl (C=O) groups is 2. The summed E-state index contributed by atoms with van der Waals surface area (Å²) in [5.41, 5.74) is 2.08. The lowest BCUT2D eigenvalue weighted by molar-refractivity contribution is -0.133. The van der Waals surface area contributed by atoms with Gasteiger partial charge in [-0.3, -0.25) is 4.79 Å². The van der Waals surface area contributed by atoms with Gasteiger partial charge in [-0.1, -0.05) is 43.7 Å². The molecule has 6 nitrogen and oxygen atoms in total. The number of hydrogen-bond acceptors (Lipinski definition) is 3. The quantitative estimate of drug-likeness (QED) is 0.680. The molecule has 6 heteroatoms. The molecule has 1 saturated heterocycles. The van der Waals surface area contributed by atoms with Gasteiger partial charge in [-0.05, 0) is 56.2 Å². The molecule has 170 valence electrons. The Morgan fingerprint density at radius 3 is 2.42 bits per heavy atom. The Morgan fingerprint density at radius 2 is 1.77 bits per heavy atom. The molecule has 0 radical (unpaired) electrons. The van der Waals surface area contributed by atoms with Gasteiger partial charge in [-0.2, -0.15) is 0 Å². The van der Waals surface area contributed by atoms with E-state index >= 15 is 0 Å². The van der Waals surface area contributed by atoms with Crippen molar-refractivity contribution < 1.29 is 9.59 Å². The van der Waals surface area contributed by atoms with Crippen molar-refractivity contribution in [1.29, 1.82) is 0 Å². The highest BCUT2D eigenvalue weighted by atomic mass is 16.2. The zero-order chi connectivity index (χ0) is 22.4. The normalized spacial score (nSPS) is 24.6. The van der Waals surface area contributed by atoms with Crippen LogP contribution in [0.15, 0.2) is 42.0 Å². The minimum Gasteiger partial charge on any atom is -0.340 e. The molecule has 1 aromatic carbocycles. The molecular weight excluding hydrogens is 388 g/mol. The zero-order valence-corrected chi connectivity index (χ0v) is 19.4. The summed E-state index contributed by atoms with van der Waals surface area (Å²) in [4.78, 5) is 29.5. The Hall–Kier alpha value is -2.34. The molecule has 0 saturated carbocycles. The van der Waals surface area contributed by atoms with E-state index in [9.17, 15) is 9.59 Å². The maximum atomic E-state index is 12.9. The van der Waals surface area contributed by atoms with Gasteiger partial charge in [0.1, 0.15) is 0 Å². The minimum atomic E-state index is -0.174. The van der Waals surface area contributed by atoms with Crippen LogP contribution >= 0.6 is 0 Å². The van der Waals surface area contributed by atoms with Gasteiger partial charge in [0.05, 0.1) is 0 Å². The molecule has 2 N–H and O–H groups in total. The van der Waals surface area contributed by atoms with E-state index in [2.05, 4.69) is 49.4 Å².